The molecule has 0 radical (unpaired) electrons. The van der Waals surface area contributed by atoms with Gasteiger partial charge in [-0.1, -0.05) is 23.0 Å². The second-order valence-electron chi connectivity index (χ2n) is 2.82. The van der Waals surface area contributed by atoms with Crippen LogP contribution in [0.4, 0.5) is 4.39 Å². The molecule has 1 aromatic carbocycles. The number of nitrogens with zero attached hydrogens (tertiary/aromatic N) is 3. The fraction of sp³-hybridized carbons (Fsp3) is 0.273. The number of hydrogen-bond acceptors (Lipinski definition) is 2. The lowest BCUT2D eigenvalue weighted by Crippen LogP contribution is -1.91. The summed E-state index contributed by atoms with van der Waals surface area (Å²) in [6.07, 6.45) is 0.390. The number of hydrogen-bond donors (Lipinski definition) is 0. The average Bonchev–Trinajstić information content (AvgIpc) is 2.30. The molecule has 0 aliphatic rings. The van der Waals surface area contributed by atoms with E-state index in [1.807, 2.05) is 0 Å². The summed E-state index contributed by atoms with van der Waals surface area (Å²) in [4.78, 5) is 2.59. The summed E-state index contributed by atoms with van der Waals surface area (Å²) < 4.78 is 18.3. The summed E-state index contributed by atoms with van der Waals surface area (Å²) >= 11 is 0. The normalized spacial score (nSPS) is 8.62. The lowest BCUT2D eigenvalue weighted by Gasteiger charge is -2.02. The molecule has 0 fully saturated rings. The summed E-state index contributed by atoms with van der Waals surface area (Å²) in [6, 6.07) is 4.51. The molecule has 0 heterocycles. The third-order valence-corrected chi connectivity index (χ3v) is 1.81. The molecule has 1 rings (SSSR count). The molecule has 0 N–H and O–H groups in total. The molecule has 5 heteroatoms. The Kier molecular flexibility index (Phi) is 4.71. The molecule has 0 atom stereocenters. The van der Waals surface area contributed by atoms with E-state index in [4.69, 9.17) is 10.3 Å². The molecule has 0 spiro atoms. The molecule has 0 unspecified atom stereocenters. The van der Waals surface area contributed by atoms with Gasteiger partial charge in [0.15, 0.2) is 0 Å². The number of ether oxygens (including phenoxy) is 1. The molecule has 0 aliphatic heterocycles. The van der Waals surface area contributed by atoms with E-state index in [-0.39, 0.29) is 12.1 Å². The van der Waals surface area contributed by atoms with Crippen molar-refractivity contribution in [2.75, 3.05) is 13.7 Å². The van der Waals surface area contributed by atoms with Crippen molar-refractivity contribution in [3.05, 3.63) is 40.0 Å². The molecule has 82 valence electrons. The highest BCUT2D eigenvalue weighted by atomic mass is 19.1. The minimum atomic E-state index is -0.421. The first-order valence-electron chi connectivity index (χ1n) is 4.62. The van der Waals surface area contributed by atoms with Crippen molar-refractivity contribution in [1.82, 2.24) is 0 Å². The summed E-state index contributed by atoms with van der Waals surface area (Å²) in [7, 11) is 1.46. The first kappa shape index (κ1) is 11.9. The van der Waals surface area contributed by atoms with E-state index >= 15 is 0 Å². The average molecular weight is 219 g/mol. The standard InChI is InChI=1S/C11H10FN3O/c1-16-11-7-4-6-10(12)9(11)5-2-3-8-14-15-13/h4,6-7H,3,8H2,1H3. The van der Waals surface area contributed by atoms with Gasteiger partial charge in [-0.25, -0.2) is 4.39 Å². The Morgan fingerprint density at radius 3 is 3.06 bits per heavy atom. The van der Waals surface area contributed by atoms with E-state index in [2.05, 4.69) is 21.9 Å². The Bertz CT molecular complexity index is 470. The van der Waals surface area contributed by atoms with Crippen LogP contribution in [0.15, 0.2) is 23.3 Å². The molecule has 0 amide bonds. The number of azide groups is 1. The lowest BCUT2D eigenvalue weighted by atomic mass is 10.2. The first-order chi connectivity index (χ1) is 7.79. The molecular weight excluding hydrogens is 209 g/mol. The van der Waals surface area contributed by atoms with Crippen LogP contribution in [0, 0.1) is 17.7 Å². The molecule has 4 nitrogen and oxygen atoms in total. The van der Waals surface area contributed by atoms with Crippen LogP contribution in [-0.2, 0) is 0 Å². The second-order valence-corrected chi connectivity index (χ2v) is 2.82. The van der Waals surface area contributed by atoms with Crippen molar-refractivity contribution >= 4 is 0 Å². The SMILES string of the molecule is COc1cccc(F)c1C#CCCN=[N+]=[N-]. The third-order valence-electron chi connectivity index (χ3n) is 1.81. The van der Waals surface area contributed by atoms with E-state index < -0.39 is 5.82 Å². The van der Waals surface area contributed by atoms with Gasteiger partial charge in [0.25, 0.3) is 0 Å². The lowest BCUT2D eigenvalue weighted by molar-refractivity contribution is 0.409. The van der Waals surface area contributed by atoms with Crippen LogP contribution in [0.25, 0.3) is 10.4 Å². The van der Waals surface area contributed by atoms with Gasteiger partial charge in [-0.3, -0.25) is 0 Å². The highest BCUT2D eigenvalue weighted by Crippen LogP contribution is 2.19. The molecular formula is C11H10FN3O. The molecule has 0 saturated carbocycles. The van der Waals surface area contributed by atoms with Crippen LogP contribution in [-0.4, -0.2) is 13.7 Å². The Hall–Kier alpha value is -2.18. The Morgan fingerprint density at radius 1 is 1.56 bits per heavy atom. The van der Waals surface area contributed by atoms with Gasteiger partial charge < -0.3 is 4.74 Å². The van der Waals surface area contributed by atoms with Crippen LogP contribution in [0.1, 0.15) is 12.0 Å². The van der Waals surface area contributed by atoms with Gasteiger partial charge in [-0.05, 0) is 17.7 Å². The Morgan fingerprint density at radius 2 is 2.38 bits per heavy atom. The largest absolute Gasteiger partial charge is 0.495 e. The van der Waals surface area contributed by atoms with Crippen molar-refractivity contribution in [2.24, 2.45) is 5.11 Å². The van der Waals surface area contributed by atoms with Crippen LogP contribution in [0.5, 0.6) is 5.75 Å². The summed E-state index contributed by atoms with van der Waals surface area (Å²) in [5.41, 5.74) is 8.27. The van der Waals surface area contributed by atoms with Crippen LogP contribution in [0.3, 0.4) is 0 Å². The minimum Gasteiger partial charge on any atom is -0.495 e. The third kappa shape index (κ3) is 3.19. The van der Waals surface area contributed by atoms with Crippen molar-refractivity contribution < 1.29 is 9.13 Å². The van der Waals surface area contributed by atoms with Crippen LogP contribution in [0.2, 0.25) is 0 Å². The molecule has 1 aromatic rings. The van der Waals surface area contributed by atoms with Crippen molar-refractivity contribution in [3.63, 3.8) is 0 Å². The maximum Gasteiger partial charge on any atom is 0.142 e. The minimum absolute atomic E-state index is 0.228. The van der Waals surface area contributed by atoms with E-state index in [0.29, 0.717) is 12.2 Å². The molecule has 0 saturated heterocycles. The van der Waals surface area contributed by atoms with E-state index in [1.54, 1.807) is 12.1 Å². The highest BCUT2D eigenvalue weighted by Gasteiger charge is 2.04. The number of halogens is 1. The summed E-state index contributed by atoms with van der Waals surface area (Å²) in [5, 5.41) is 3.32. The molecule has 0 bridgehead atoms. The van der Waals surface area contributed by atoms with Gasteiger partial charge in [-0.15, -0.1) is 0 Å². The van der Waals surface area contributed by atoms with Crippen molar-refractivity contribution in [2.45, 2.75) is 6.42 Å². The van der Waals surface area contributed by atoms with Gasteiger partial charge in [0.05, 0.1) is 7.11 Å². The van der Waals surface area contributed by atoms with Crippen molar-refractivity contribution in [3.8, 4) is 17.6 Å². The monoisotopic (exact) mass is 219 g/mol. The predicted molar refractivity (Wildman–Crippen MR) is 58.5 cm³/mol. The first-order valence-corrected chi connectivity index (χ1v) is 4.62. The zero-order valence-corrected chi connectivity index (χ0v) is 8.77. The fourth-order valence-corrected chi connectivity index (χ4v) is 1.10. The molecule has 0 aromatic heterocycles. The van der Waals surface area contributed by atoms with Gasteiger partial charge in [0, 0.05) is 17.9 Å². The van der Waals surface area contributed by atoms with Crippen LogP contribution >= 0.6 is 0 Å². The van der Waals surface area contributed by atoms with E-state index in [1.165, 1.54) is 13.2 Å². The summed E-state index contributed by atoms with van der Waals surface area (Å²) in [6.45, 7) is 0.278. The van der Waals surface area contributed by atoms with Gasteiger partial charge in [0.1, 0.15) is 17.1 Å². The number of benzene rings is 1. The maximum atomic E-state index is 13.3. The second kappa shape index (κ2) is 6.33. The predicted octanol–water partition coefficient (Wildman–Crippen LogP) is 2.89. The Balaban J connectivity index is 2.82. The highest BCUT2D eigenvalue weighted by molar-refractivity contribution is 5.46. The smallest absolute Gasteiger partial charge is 0.142 e. The molecule has 0 aliphatic carbocycles. The number of methoxy groups -OCH3 is 1. The van der Waals surface area contributed by atoms with Gasteiger partial charge in [-0.2, -0.15) is 0 Å². The zero-order valence-electron chi connectivity index (χ0n) is 8.77. The maximum absolute atomic E-state index is 13.3. The number of rotatable bonds is 3. The zero-order chi connectivity index (χ0) is 11.8. The quantitative estimate of drug-likeness (QED) is 0.253. The molecule has 16 heavy (non-hydrogen) atoms. The fourth-order valence-electron chi connectivity index (χ4n) is 1.10. The van der Waals surface area contributed by atoms with Crippen molar-refractivity contribution in [1.29, 1.82) is 0 Å². The van der Waals surface area contributed by atoms with Gasteiger partial charge in [0.2, 0.25) is 0 Å². The van der Waals surface area contributed by atoms with E-state index in [9.17, 15) is 4.39 Å². The Labute approximate surface area is 92.7 Å². The summed E-state index contributed by atoms with van der Waals surface area (Å²) in [5.74, 6) is 5.35. The topological polar surface area (TPSA) is 58.0 Å². The van der Waals surface area contributed by atoms with Gasteiger partial charge >= 0.3 is 0 Å². The van der Waals surface area contributed by atoms with Crippen LogP contribution < -0.4 is 4.74 Å². The van der Waals surface area contributed by atoms with E-state index in [0.717, 1.165) is 0 Å².